The van der Waals surface area contributed by atoms with Crippen LogP contribution in [0.25, 0.3) is 0 Å². The van der Waals surface area contributed by atoms with E-state index in [0.29, 0.717) is 12.0 Å². The van der Waals surface area contributed by atoms with Gasteiger partial charge in [-0.15, -0.1) is 24.0 Å². The van der Waals surface area contributed by atoms with Gasteiger partial charge in [0.05, 0.1) is 13.2 Å². The monoisotopic (exact) mass is 412 g/mol. The molecule has 0 radical (unpaired) electrons. The second-order valence-corrected chi connectivity index (χ2v) is 5.92. The Morgan fingerprint density at radius 3 is 2.62 bits per heavy atom. The molecule has 1 N–H and O–H groups in total. The van der Waals surface area contributed by atoms with Crippen LogP contribution in [0.15, 0.2) is 4.99 Å². The van der Waals surface area contributed by atoms with E-state index < -0.39 is 0 Å². The Balaban J connectivity index is 0.00000400. The molecule has 0 aromatic carbocycles. The molecule has 1 heterocycles. The minimum absolute atomic E-state index is 0. The van der Waals surface area contributed by atoms with E-state index in [1.165, 1.54) is 6.42 Å². The number of hydrogen-bond donors (Lipinski definition) is 1. The van der Waals surface area contributed by atoms with Crippen molar-refractivity contribution in [1.29, 1.82) is 0 Å². The average Bonchev–Trinajstić information content (AvgIpc) is 2.90. The summed E-state index contributed by atoms with van der Waals surface area (Å²) < 4.78 is 5.44. The molecule has 1 saturated heterocycles. The summed E-state index contributed by atoms with van der Waals surface area (Å²) in [6.07, 6.45) is 1.17. The molecule has 1 aliphatic heterocycles. The molecule has 0 amide bonds. The van der Waals surface area contributed by atoms with E-state index in [0.717, 1.165) is 45.4 Å². The first-order valence-electron chi connectivity index (χ1n) is 7.82. The number of ether oxygens (including phenoxy) is 1. The maximum atomic E-state index is 5.44. The molecule has 1 atom stereocenters. The third-order valence-corrected chi connectivity index (χ3v) is 3.85. The fraction of sp³-hybridized carbons (Fsp3) is 0.933. The zero-order valence-corrected chi connectivity index (χ0v) is 16.6. The van der Waals surface area contributed by atoms with E-state index in [2.05, 4.69) is 50.0 Å². The van der Waals surface area contributed by atoms with Gasteiger partial charge in [-0.05, 0) is 34.2 Å². The molecule has 21 heavy (non-hydrogen) atoms. The highest BCUT2D eigenvalue weighted by Crippen LogP contribution is 2.13. The summed E-state index contributed by atoms with van der Waals surface area (Å²) in [6.45, 7) is 12.1. The number of rotatable bonds is 7. The van der Waals surface area contributed by atoms with Gasteiger partial charge in [0.25, 0.3) is 0 Å². The van der Waals surface area contributed by atoms with Crippen molar-refractivity contribution in [3.05, 3.63) is 0 Å². The summed E-state index contributed by atoms with van der Waals surface area (Å²) in [6, 6.07) is 0.571. The summed E-state index contributed by atoms with van der Waals surface area (Å²) >= 11 is 0. The molecule has 6 heteroatoms. The second-order valence-electron chi connectivity index (χ2n) is 5.92. The van der Waals surface area contributed by atoms with Crippen LogP contribution in [0, 0.1) is 5.92 Å². The average molecular weight is 412 g/mol. The maximum Gasteiger partial charge on any atom is 0.193 e. The lowest BCUT2D eigenvalue weighted by molar-refractivity contribution is 0.181. The zero-order valence-electron chi connectivity index (χ0n) is 14.3. The van der Waals surface area contributed by atoms with Crippen molar-refractivity contribution in [2.45, 2.75) is 33.2 Å². The molecular formula is C15H33IN4O. The first kappa shape index (κ1) is 20.9. The maximum absolute atomic E-state index is 5.44. The lowest BCUT2D eigenvalue weighted by Crippen LogP contribution is -2.42. The Morgan fingerprint density at radius 2 is 2.10 bits per heavy atom. The molecule has 1 fully saturated rings. The molecule has 5 nitrogen and oxygen atoms in total. The van der Waals surface area contributed by atoms with Gasteiger partial charge in [-0.1, -0.05) is 0 Å². The summed E-state index contributed by atoms with van der Waals surface area (Å²) in [5.41, 5.74) is 0. The van der Waals surface area contributed by atoms with E-state index in [9.17, 15) is 0 Å². The van der Waals surface area contributed by atoms with Crippen LogP contribution in [0.5, 0.6) is 0 Å². The smallest absolute Gasteiger partial charge is 0.193 e. The lowest BCUT2D eigenvalue weighted by Gasteiger charge is -2.25. The van der Waals surface area contributed by atoms with Gasteiger partial charge in [0, 0.05) is 45.2 Å². The first-order chi connectivity index (χ1) is 9.54. The van der Waals surface area contributed by atoms with Crippen LogP contribution in [-0.2, 0) is 4.74 Å². The molecule has 126 valence electrons. The normalized spacial score (nSPS) is 19.0. The largest absolute Gasteiger partial charge is 0.381 e. The van der Waals surface area contributed by atoms with E-state index >= 15 is 0 Å². The molecule has 0 aromatic heterocycles. The molecule has 1 rings (SSSR count). The van der Waals surface area contributed by atoms with Gasteiger partial charge in [-0.3, -0.25) is 4.99 Å². The fourth-order valence-electron chi connectivity index (χ4n) is 2.24. The Morgan fingerprint density at radius 1 is 1.38 bits per heavy atom. The van der Waals surface area contributed by atoms with E-state index in [1.807, 2.05) is 0 Å². The Hall–Kier alpha value is -0.0800. The van der Waals surface area contributed by atoms with Crippen molar-refractivity contribution in [1.82, 2.24) is 15.1 Å². The summed E-state index contributed by atoms with van der Waals surface area (Å²) in [5.74, 6) is 1.65. The number of aliphatic imine (C=N–C) groups is 1. The van der Waals surface area contributed by atoms with Gasteiger partial charge in [0.15, 0.2) is 5.96 Å². The Bertz CT molecular complexity index is 293. The van der Waals surface area contributed by atoms with Gasteiger partial charge >= 0.3 is 0 Å². The zero-order chi connectivity index (χ0) is 15.0. The van der Waals surface area contributed by atoms with Crippen LogP contribution in [0.4, 0.5) is 0 Å². The van der Waals surface area contributed by atoms with Crippen LogP contribution in [0.2, 0.25) is 0 Å². The fourth-order valence-corrected chi connectivity index (χ4v) is 2.24. The van der Waals surface area contributed by atoms with Gasteiger partial charge in [-0.25, -0.2) is 0 Å². The van der Waals surface area contributed by atoms with Crippen LogP contribution in [-0.4, -0.2) is 75.3 Å². The minimum atomic E-state index is 0. The number of halogens is 1. The molecular weight excluding hydrogens is 379 g/mol. The molecule has 0 bridgehead atoms. The van der Waals surface area contributed by atoms with Gasteiger partial charge in [0.1, 0.15) is 0 Å². The van der Waals surface area contributed by atoms with Gasteiger partial charge < -0.3 is 19.9 Å². The van der Waals surface area contributed by atoms with Gasteiger partial charge in [0.2, 0.25) is 0 Å². The number of nitrogens with zero attached hydrogens (tertiary/aromatic N) is 3. The minimum Gasteiger partial charge on any atom is -0.381 e. The van der Waals surface area contributed by atoms with E-state index in [4.69, 9.17) is 9.73 Å². The van der Waals surface area contributed by atoms with Crippen molar-refractivity contribution in [3.63, 3.8) is 0 Å². The molecule has 0 spiro atoms. The highest BCUT2D eigenvalue weighted by molar-refractivity contribution is 14.0. The Kier molecular flexibility index (Phi) is 11.4. The predicted molar refractivity (Wildman–Crippen MR) is 101 cm³/mol. The first-order valence-corrected chi connectivity index (χ1v) is 7.82. The third kappa shape index (κ3) is 8.21. The van der Waals surface area contributed by atoms with Crippen molar-refractivity contribution >= 4 is 29.9 Å². The molecule has 0 aromatic rings. The molecule has 0 aliphatic carbocycles. The number of likely N-dealkylation sites (N-methyl/N-ethyl adjacent to an activating group) is 1. The van der Waals surface area contributed by atoms with E-state index in [1.54, 1.807) is 0 Å². The lowest BCUT2D eigenvalue weighted by atomic mass is 10.1. The summed E-state index contributed by atoms with van der Waals surface area (Å²) in [4.78, 5) is 9.28. The molecule has 1 aliphatic rings. The second kappa shape index (κ2) is 11.5. The third-order valence-electron chi connectivity index (χ3n) is 3.85. The van der Waals surface area contributed by atoms with Crippen LogP contribution in [0.1, 0.15) is 27.2 Å². The highest BCUT2D eigenvalue weighted by atomic mass is 127. The van der Waals surface area contributed by atoms with Crippen LogP contribution < -0.4 is 5.32 Å². The van der Waals surface area contributed by atoms with Crippen LogP contribution >= 0.6 is 24.0 Å². The van der Waals surface area contributed by atoms with Gasteiger partial charge in [-0.2, -0.15) is 0 Å². The van der Waals surface area contributed by atoms with Crippen molar-refractivity contribution in [2.24, 2.45) is 10.9 Å². The number of hydrogen-bond acceptors (Lipinski definition) is 3. The van der Waals surface area contributed by atoms with Crippen molar-refractivity contribution in [3.8, 4) is 0 Å². The highest BCUT2D eigenvalue weighted by Gasteiger charge is 2.19. The summed E-state index contributed by atoms with van der Waals surface area (Å²) in [5, 5.41) is 3.38. The standard InChI is InChI=1S/C15H32N4O.HI/c1-6-16-15(17-8-9-18(4)13(2)3)19(5)11-14-7-10-20-12-14;/h13-14H,6-12H2,1-5H3,(H,16,17);1H. The van der Waals surface area contributed by atoms with Crippen molar-refractivity contribution in [2.75, 3.05) is 53.5 Å². The van der Waals surface area contributed by atoms with E-state index in [-0.39, 0.29) is 24.0 Å². The number of guanidine groups is 1. The topological polar surface area (TPSA) is 40.1 Å². The quantitative estimate of drug-likeness (QED) is 0.394. The van der Waals surface area contributed by atoms with Crippen LogP contribution in [0.3, 0.4) is 0 Å². The SMILES string of the molecule is CCNC(=NCCN(C)C(C)C)N(C)CC1CCOC1.I. The van der Waals surface area contributed by atoms with Crippen molar-refractivity contribution < 1.29 is 4.74 Å². The number of nitrogens with one attached hydrogen (secondary N) is 1. The molecule has 1 unspecified atom stereocenters. The summed E-state index contributed by atoms with van der Waals surface area (Å²) in [7, 11) is 4.26. The molecule has 0 saturated carbocycles. The predicted octanol–water partition coefficient (Wildman–Crippen LogP) is 1.88. The Labute approximate surface area is 147 Å².